The Morgan fingerprint density at radius 2 is 1.20 bits per heavy atom. The number of nitrogens with zero attached hydrogens (tertiary/aromatic N) is 5. The number of rotatable bonds is 13. The molecule has 2 saturated heterocycles. The molecule has 1 N–H and O–H groups in total. The van der Waals surface area contributed by atoms with Crippen LogP contribution in [-0.4, -0.2) is 78.3 Å². The molecule has 2 aliphatic heterocycles. The smallest absolute Gasteiger partial charge is 0.267 e. The molecule has 2 aromatic carbocycles. The van der Waals surface area contributed by atoms with Crippen LogP contribution in [0.2, 0.25) is 0 Å². The van der Waals surface area contributed by atoms with Crippen LogP contribution in [-0.2, 0) is 52.5 Å². The second kappa shape index (κ2) is 17.5. The number of carbonyl (C=O) groups is 1. The van der Waals surface area contributed by atoms with Crippen molar-refractivity contribution in [3.63, 3.8) is 0 Å². The van der Waals surface area contributed by atoms with E-state index in [-0.39, 0.29) is 32.6 Å². The van der Waals surface area contributed by atoms with Gasteiger partial charge in [0, 0.05) is 79.5 Å². The first-order chi connectivity index (χ1) is 28.4. The molecule has 13 nitrogen and oxygen atoms in total. The average Bonchev–Trinajstić information content (AvgIpc) is 3.58. The summed E-state index contributed by atoms with van der Waals surface area (Å²) in [4.78, 5) is 22.3. The Bertz CT molecular complexity index is 2560. The zero-order valence-electron chi connectivity index (χ0n) is 35.6. The summed E-state index contributed by atoms with van der Waals surface area (Å²) in [6.45, 7) is 17.9. The maximum absolute atomic E-state index is 13.4. The number of hydrogen-bond donors (Lipinski definition) is 1. The predicted octanol–water partition coefficient (Wildman–Crippen LogP) is 8.16. The molecule has 1 saturated carbocycles. The lowest BCUT2D eigenvalue weighted by Gasteiger charge is -2.28. The number of nitrogens with one attached hydrogen (secondary N) is 1. The number of hydrogen-bond acceptors (Lipinski definition) is 9. The summed E-state index contributed by atoms with van der Waals surface area (Å²) in [6.07, 6.45) is 10.7. The number of aromatic nitrogens is 5. The Morgan fingerprint density at radius 1 is 0.733 bits per heavy atom. The van der Waals surface area contributed by atoms with Crippen molar-refractivity contribution < 1.29 is 31.1 Å². The maximum Gasteiger partial charge on any atom is 0.267 e. The van der Waals surface area contributed by atoms with E-state index in [1.54, 1.807) is 24.3 Å². The maximum atomic E-state index is 13.4. The molecule has 1 aliphatic carbocycles. The molecule has 0 unspecified atom stereocenters. The summed E-state index contributed by atoms with van der Waals surface area (Å²) in [5.41, 5.74) is 3.38. The molecule has 3 aliphatic rings. The number of imidazole rings is 2. The van der Waals surface area contributed by atoms with Crippen LogP contribution in [0.15, 0.2) is 64.6 Å². The van der Waals surface area contributed by atoms with Crippen molar-refractivity contribution >= 4 is 57.7 Å². The first-order valence-corrected chi connectivity index (χ1v) is 25.0. The van der Waals surface area contributed by atoms with Crippen molar-refractivity contribution in [2.24, 2.45) is 11.8 Å². The number of halogens is 1. The largest absolute Gasteiger partial charge is 0.381 e. The van der Waals surface area contributed by atoms with E-state index in [0.29, 0.717) is 28.4 Å². The molecule has 5 aromatic rings. The lowest BCUT2D eigenvalue weighted by molar-refractivity contribution is 0.0609. The second-order valence-electron chi connectivity index (χ2n) is 17.9. The van der Waals surface area contributed by atoms with Gasteiger partial charge < -0.3 is 23.9 Å². The first kappa shape index (κ1) is 44.3. The molecule has 16 heteroatoms. The van der Waals surface area contributed by atoms with Crippen LogP contribution in [0.3, 0.4) is 0 Å². The number of fused-ring (bicyclic) bond motifs is 2. The van der Waals surface area contributed by atoms with Crippen molar-refractivity contribution in [3.8, 4) is 0 Å². The van der Waals surface area contributed by atoms with Gasteiger partial charge in [-0.2, -0.15) is 0 Å². The van der Waals surface area contributed by atoms with E-state index in [1.807, 2.05) is 12.1 Å². The van der Waals surface area contributed by atoms with Crippen molar-refractivity contribution in [1.82, 2.24) is 28.4 Å². The third-order valence-corrected chi connectivity index (χ3v) is 15.7. The van der Waals surface area contributed by atoms with Gasteiger partial charge in [0.15, 0.2) is 0 Å². The van der Waals surface area contributed by atoms with E-state index in [1.165, 1.54) is 18.5 Å². The summed E-state index contributed by atoms with van der Waals surface area (Å²) < 4.78 is 66.8. The minimum atomic E-state index is -3.86. The van der Waals surface area contributed by atoms with Crippen molar-refractivity contribution in [3.05, 3.63) is 72.1 Å². The highest BCUT2D eigenvalue weighted by atomic mass is 35.7. The van der Waals surface area contributed by atoms with Crippen molar-refractivity contribution in [1.29, 1.82) is 0 Å². The molecular weight excluding hydrogens is 824 g/mol. The molecule has 0 atom stereocenters. The van der Waals surface area contributed by atoms with Gasteiger partial charge in [0.2, 0.25) is 0 Å². The van der Waals surface area contributed by atoms with E-state index >= 15 is 0 Å². The lowest BCUT2D eigenvalue weighted by atomic mass is 9.89. The highest BCUT2D eigenvalue weighted by Gasteiger charge is 2.31. The molecule has 8 rings (SSSR count). The van der Waals surface area contributed by atoms with Gasteiger partial charge in [-0.15, -0.1) is 0 Å². The summed E-state index contributed by atoms with van der Waals surface area (Å²) in [5.74, 6) is 2.80. The van der Waals surface area contributed by atoms with Gasteiger partial charge in [-0.1, -0.05) is 41.5 Å². The van der Waals surface area contributed by atoms with Crippen LogP contribution >= 0.6 is 10.7 Å². The van der Waals surface area contributed by atoms with Crippen LogP contribution in [0.25, 0.3) is 22.1 Å². The van der Waals surface area contributed by atoms with Gasteiger partial charge in [0.25, 0.3) is 25.0 Å². The predicted molar refractivity (Wildman–Crippen MR) is 234 cm³/mol. The number of benzene rings is 2. The van der Waals surface area contributed by atoms with Crippen LogP contribution in [0.1, 0.15) is 115 Å². The summed E-state index contributed by atoms with van der Waals surface area (Å²) >= 11 is 0. The second-order valence-corrected chi connectivity index (χ2v) is 22.3. The third-order valence-electron chi connectivity index (χ3n) is 12.7. The molecule has 0 radical (unpaired) electrons. The fraction of sp³-hybridized carbons (Fsp3) is 0.568. The highest BCUT2D eigenvalue weighted by molar-refractivity contribution is 8.13. The van der Waals surface area contributed by atoms with Crippen LogP contribution in [0.5, 0.6) is 0 Å². The Labute approximate surface area is 358 Å². The van der Waals surface area contributed by atoms with Gasteiger partial charge in [-0.3, -0.25) is 4.79 Å². The summed E-state index contributed by atoms with van der Waals surface area (Å²) in [7, 11) is -2.11. The fourth-order valence-electron chi connectivity index (χ4n) is 7.90. The van der Waals surface area contributed by atoms with Crippen LogP contribution < -0.4 is 5.32 Å². The van der Waals surface area contributed by atoms with Crippen molar-refractivity contribution in [2.45, 2.75) is 133 Å². The number of carbonyl (C=O) groups excluding carboxylic acids is 1. The van der Waals surface area contributed by atoms with E-state index in [0.717, 1.165) is 118 Å². The summed E-state index contributed by atoms with van der Waals surface area (Å²) in [6, 6.07) is 11.9. The Hall–Kier alpha value is -3.76. The zero-order chi connectivity index (χ0) is 43.0. The van der Waals surface area contributed by atoms with Crippen LogP contribution in [0.4, 0.5) is 0 Å². The Kier molecular flexibility index (Phi) is 13.0. The zero-order valence-corrected chi connectivity index (χ0v) is 38.0. The van der Waals surface area contributed by atoms with Gasteiger partial charge in [0.1, 0.15) is 11.6 Å². The van der Waals surface area contributed by atoms with Gasteiger partial charge in [0.05, 0.1) is 37.4 Å². The van der Waals surface area contributed by atoms with Gasteiger partial charge in [-0.05, 0) is 106 Å². The van der Waals surface area contributed by atoms with E-state index in [4.69, 9.17) is 30.1 Å². The molecule has 60 heavy (non-hydrogen) atoms. The molecule has 5 heterocycles. The SMILES string of the molecule is CCC(C)(C)c1nc2cc(S(=O)(=O)Cl)ccc2n1CC1CCOCC1.CCC(C)(C)c1nc2cc(S(=O)(=O)n3ccc(C(=O)NC4CC4)c3)ccc2n1CC1CCOCC1. The van der Waals surface area contributed by atoms with Crippen LogP contribution in [0, 0.1) is 11.8 Å². The van der Waals surface area contributed by atoms with E-state index in [2.05, 4.69) is 56.0 Å². The number of amides is 1. The molecule has 0 spiro atoms. The van der Waals surface area contributed by atoms with E-state index in [9.17, 15) is 21.6 Å². The Balaban J connectivity index is 0.000000192. The standard InChI is InChI=1S/C26H34N4O4S.C18H25ClN2O3S/c1-4-26(2,3)25-28-22-15-21(7-8-23(22)30(25)16-18-10-13-34-14-11-18)35(32,33)29-12-9-19(17-29)24(31)27-20-5-6-20;1-4-18(2,3)17-20-15-11-14(25(19,22)23)5-6-16(15)21(17)12-13-7-9-24-10-8-13/h7-9,12,15,17-18,20H,4-6,10-11,13-14,16H2,1-3H3,(H,27,31);5-6,11,13H,4,7-10,12H2,1-3H3. The Morgan fingerprint density at radius 3 is 1.65 bits per heavy atom. The van der Waals surface area contributed by atoms with E-state index < -0.39 is 19.1 Å². The first-order valence-electron chi connectivity index (χ1n) is 21.3. The monoisotopic (exact) mass is 882 g/mol. The third kappa shape index (κ3) is 9.65. The quantitative estimate of drug-likeness (QED) is 0.115. The molecule has 3 aromatic heterocycles. The molecule has 326 valence electrons. The number of ether oxygens (including phenoxy) is 2. The lowest BCUT2D eigenvalue weighted by Crippen LogP contribution is -2.26. The van der Waals surface area contributed by atoms with Gasteiger partial charge >= 0.3 is 0 Å². The molecule has 1 amide bonds. The average molecular weight is 884 g/mol. The molecule has 0 bridgehead atoms. The topological polar surface area (TPSA) is 156 Å². The minimum Gasteiger partial charge on any atom is -0.381 e. The van der Waals surface area contributed by atoms with Gasteiger partial charge in [-0.25, -0.2) is 30.8 Å². The molecule has 3 fully saturated rings. The normalized spacial score (nSPS) is 17.5. The highest BCUT2D eigenvalue weighted by Crippen LogP contribution is 2.35. The summed E-state index contributed by atoms with van der Waals surface area (Å²) in [5, 5.41) is 2.89. The fourth-order valence-corrected chi connectivity index (χ4v) is 9.89. The molecular formula is C44H59ClN6O7S2. The van der Waals surface area contributed by atoms with Crippen molar-refractivity contribution in [2.75, 3.05) is 26.4 Å². The minimum absolute atomic E-state index is 0.0931.